The van der Waals surface area contributed by atoms with E-state index in [0.717, 1.165) is 36.6 Å². The number of amides is 1. The number of carbonyl (C=O) groups is 1. The summed E-state index contributed by atoms with van der Waals surface area (Å²) >= 11 is 0. The highest BCUT2D eigenvalue weighted by Gasteiger charge is 2.27. The van der Waals surface area contributed by atoms with Crippen LogP contribution in [0.1, 0.15) is 25.7 Å². The molecule has 4 rings (SSSR count). The van der Waals surface area contributed by atoms with Gasteiger partial charge in [0.15, 0.2) is 0 Å². The molecule has 0 unspecified atom stereocenters. The van der Waals surface area contributed by atoms with Gasteiger partial charge in [0.25, 0.3) is 0 Å². The molecule has 0 atom stereocenters. The minimum Gasteiger partial charge on any atom is -0.352 e. The van der Waals surface area contributed by atoms with Crippen LogP contribution in [-0.2, 0) is 21.4 Å². The summed E-state index contributed by atoms with van der Waals surface area (Å²) < 4.78 is 28.7. The Labute approximate surface area is 141 Å². The first kappa shape index (κ1) is 15.7. The molecule has 0 radical (unpaired) electrons. The predicted molar refractivity (Wildman–Crippen MR) is 91.1 cm³/mol. The van der Waals surface area contributed by atoms with E-state index in [0.29, 0.717) is 24.0 Å². The second-order valence-electron chi connectivity index (χ2n) is 6.62. The Morgan fingerprint density at radius 3 is 2.62 bits per heavy atom. The second kappa shape index (κ2) is 5.89. The summed E-state index contributed by atoms with van der Waals surface area (Å²) in [6.07, 6.45) is 5.82. The van der Waals surface area contributed by atoms with Crippen LogP contribution in [-0.4, -0.2) is 42.3 Å². The largest absolute Gasteiger partial charge is 0.352 e. The third kappa shape index (κ3) is 2.93. The molecule has 0 bridgehead atoms. The lowest BCUT2D eigenvalue weighted by Gasteiger charge is -2.15. The molecule has 1 amide bonds. The molecule has 2 aromatic rings. The van der Waals surface area contributed by atoms with Crippen molar-refractivity contribution in [2.75, 3.05) is 13.1 Å². The van der Waals surface area contributed by atoms with E-state index in [9.17, 15) is 13.2 Å². The summed E-state index contributed by atoms with van der Waals surface area (Å²) in [6.45, 7) is 1.46. The average Bonchev–Trinajstić information content (AvgIpc) is 3.05. The summed E-state index contributed by atoms with van der Waals surface area (Å²) in [5.41, 5.74) is 0.876. The third-order valence-corrected chi connectivity index (χ3v) is 6.60. The van der Waals surface area contributed by atoms with Gasteiger partial charge in [-0.1, -0.05) is 0 Å². The van der Waals surface area contributed by atoms with E-state index in [1.807, 2.05) is 16.8 Å². The van der Waals surface area contributed by atoms with E-state index in [4.69, 9.17) is 0 Å². The molecule has 1 aliphatic heterocycles. The smallest absolute Gasteiger partial charge is 0.243 e. The lowest BCUT2D eigenvalue weighted by molar-refractivity contribution is -0.121. The molecule has 6 nitrogen and oxygen atoms in total. The van der Waals surface area contributed by atoms with Crippen LogP contribution in [0, 0.1) is 0 Å². The fraction of sp³-hybridized carbons (Fsp3) is 0.471. The van der Waals surface area contributed by atoms with Gasteiger partial charge < -0.3 is 9.88 Å². The van der Waals surface area contributed by atoms with E-state index in [1.165, 1.54) is 0 Å². The van der Waals surface area contributed by atoms with E-state index in [1.54, 1.807) is 22.5 Å². The van der Waals surface area contributed by atoms with Gasteiger partial charge in [-0.2, -0.15) is 4.31 Å². The number of nitrogens with one attached hydrogen (secondary N) is 1. The Balaban J connectivity index is 1.59. The number of benzene rings is 1. The van der Waals surface area contributed by atoms with Gasteiger partial charge >= 0.3 is 0 Å². The second-order valence-corrected chi connectivity index (χ2v) is 8.56. The topological polar surface area (TPSA) is 71.4 Å². The molecule has 2 heterocycles. The van der Waals surface area contributed by atoms with Crippen molar-refractivity contribution >= 4 is 26.8 Å². The highest BCUT2D eigenvalue weighted by molar-refractivity contribution is 7.89. The quantitative estimate of drug-likeness (QED) is 0.895. The number of nitrogens with zero attached hydrogens (tertiary/aromatic N) is 2. The number of hydrogen-bond donors (Lipinski definition) is 1. The van der Waals surface area contributed by atoms with E-state index < -0.39 is 10.0 Å². The molecule has 1 aromatic carbocycles. The Morgan fingerprint density at radius 2 is 1.92 bits per heavy atom. The standard InChI is InChI=1S/C17H21N3O3S/c21-17(18-14-3-4-14)12-19-10-7-13-11-15(5-6-16(13)19)24(22,23)20-8-1-2-9-20/h5-7,10-11,14H,1-4,8-9,12H2,(H,18,21). The zero-order valence-corrected chi connectivity index (χ0v) is 14.3. The first-order valence-corrected chi connectivity index (χ1v) is 9.86. The van der Waals surface area contributed by atoms with Crippen molar-refractivity contribution in [3.05, 3.63) is 30.5 Å². The van der Waals surface area contributed by atoms with Crippen LogP contribution in [0.4, 0.5) is 0 Å². The van der Waals surface area contributed by atoms with Crippen LogP contribution in [0.15, 0.2) is 35.4 Å². The number of hydrogen-bond acceptors (Lipinski definition) is 3. The number of rotatable bonds is 5. The van der Waals surface area contributed by atoms with E-state index in [-0.39, 0.29) is 12.5 Å². The minimum atomic E-state index is -3.41. The van der Waals surface area contributed by atoms with Crippen molar-refractivity contribution in [3.8, 4) is 0 Å². The van der Waals surface area contributed by atoms with Gasteiger partial charge in [-0.05, 0) is 49.9 Å². The Kier molecular flexibility index (Phi) is 3.85. The molecule has 128 valence electrons. The highest BCUT2D eigenvalue weighted by Crippen LogP contribution is 2.25. The van der Waals surface area contributed by atoms with Gasteiger partial charge in [0.05, 0.1) is 4.90 Å². The summed E-state index contributed by atoms with van der Waals surface area (Å²) in [5, 5.41) is 3.81. The summed E-state index contributed by atoms with van der Waals surface area (Å²) in [6, 6.07) is 7.35. The molecule has 7 heteroatoms. The zero-order valence-electron chi connectivity index (χ0n) is 13.4. The predicted octanol–water partition coefficient (Wildman–Crippen LogP) is 1.70. The van der Waals surface area contributed by atoms with Crippen LogP contribution in [0.25, 0.3) is 10.9 Å². The van der Waals surface area contributed by atoms with Gasteiger partial charge in [-0.15, -0.1) is 0 Å². The van der Waals surface area contributed by atoms with Crippen molar-refractivity contribution in [1.82, 2.24) is 14.2 Å². The molecule has 1 N–H and O–H groups in total. The normalized spacial score (nSPS) is 19.0. The maximum absolute atomic E-state index is 12.6. The fourth-order valence-electron chi connectivity index (χ4n) is 3.21. The maximum Gasteiger partial charge on any atom is 0.243 e. The lowest BCUT2D eigenvalue weighted by atomic mass is 10.2. The van der Waals surface area contributed by atoms with Crippen LogP contribution in [0.3, 0.4) is 0 Å². The lowest BCUT2D eigenvalue weighted by Crippen LogP contribution is -2.29. The van der Waals surface area contributed by atoms with Crippen molar-refractivity contribution in [2.24, 2.45) is 0 Å². The minimum absolute atomic E-state index is 0.00349. The Hall–Kier alpha value is -1.86. The van der Waals surface area contributed by atoms with Gasteiger partial charge in [0.2, 0.25) is 15.9 Å². The molecule has 1 aromatic heterocycles. The van der Waals surface area contributed by atoms with Gasteiger partial charge in [0, 0.05) is 36.2 Å². The van der Waals surface area contributed by atoms with Crippen LogP contribution < -0.4 is 5.32 Å². The van der Waals surface area contributed by atoms with E-state index >= 15 is 0 Å². The fourth-order valence-corrected chi connectivity index (χ4v) is 4.76. The number of fused-ring (bicyclic) bond motifs is 1. The number of aromatic nitrogens is 1. The monoisotopic (exact) mass is 347 g/mol. The number of carbonyl (C=O) groups excluding carboxylic acids is 1. The molecule has 2 aliphatic rings. The molecule has 1 saturated heterocycles. The molecule has 1 saturated carbocycles. The van der Waals surface area contributed by atoms with Gasteiger partial charge in [-0.3, -0.25) is 4.79 Å². The van der Waals surface area contributed by atoms with Crippen molar-refractivity contribution < 1.29 is 13.2 Å². The summed E-state index contributed by atoms with van der Waals surface area (Å²) in [5.74, 6) is 0.00349. The molecule has 0 spiro atoms. The average molecular weight is 347 g/mol. The van der Waals surface area contributed by atoms with Crippen molar-refractivity contribution in [2.45, 2.75) is 43.2 Å². The Bertz CT molecular complexity index is 878. The van der Waals surface area contributed by atoms with E-state index in [2.05, 4.69) is 5.32 Å². The third-order valence-electron chi connectivity index (χ3n) is 4.70. The molecular formula is C17H21N3O3S. The van der Waals surface area contributed by atoms with Crippen LogP contribution in [0.5, 0.6) is 0 Å². The van der Waals surface area contributed by atoms with Crippen LogP contribution in [0.2, 0.25) is 0 Å². The highest BCUT2D eigenvalue weighted by atomic mass is 32.2. The maximum atomic E-state index is 12.6. The zero-order chi connectivity index (χ0) is 16.7. The first-order chi connectivity index (χ1) is 11.5. The van der Waals surface area contributed by atoms with Gasteiger partial charge in [0.1, 0.15) is 6.54 Å². The van der Waals surface area contributed by atoms with Gasteiger partial charge in [-0.25, -0.2) is 8.42 Å². The van der Waals surface area contributed by atoms with Crippen molar-refractivity contribution in [1.29, 1.82) is 0 Å². The molecule has 24 heavy (non-hydrogen) atoms. The summed E-state index contributed by atoms with van der Waals surface area (Å²) in [7, 11) is -3.41. The molecule has 2 fully saturated rings. The van der Waals surface area contributed by atoms with Crippen molar-refractivity contribution in [3.63, 3.8) is 0 Å². The molecular weight excluding hydrogens is 326 g/mol. The SMILES string of the molecule is O=C(Cn1ccc2cc(S(=O)(=O)N3CCCC3)ccc21)NC1CC1. The first-order valence-electron chi connectivity index (χ1n) is 8.42. The molecule has 1 aliphatic carbocycles. The summed E-state index contributed by atoms with van der Waals surface area (Å²) in [4.78, 5) is 12.3. The Morgan fingerprint density at radius 1 is 1.17 bits per heavy atom. The number of sulfonamides is 1. The van der Waals surface area contributed by atoms with Crippen LogP contribution >= 0.6 is 0 Å².